The van der Waals surface area contributed by atoms with E-state index in [4.69, 9.17) is 4.74 Å². The van der Waals surface area contributed by atoms with E-state index in [-0.39, 0.29) is 11.7 Å². The molecule has 134 valence electrons. The SMILES string of the molecule is Cc1nn(C)c(NCc2ccc(C(=O)OC(C)(C)C)cc2)c1[N+](=O)[O-]. The molecule has 0 spiro atoms. The number of hydrogen-bond donors (Lipinski definition) is 1. The molecule has 0 fully saturated rings. The van der Waals surface area contributed by atoms with Gasteiger partial charge in [-0.1, -0.05) is 12.1 Å². The van der Waals surface area contributed by atoms with Gasteiger partial charge in [-0.05, 0) is 45.4 Å². The Labute approximate surface area is 145 Å². The maximum atomic E-state index is 12.0. The van der Waals surface area contributed by atoms with Gasteiger partial charge in [0.05, 0.1) is 10.5 Å². The number of carbonyl (C=O) groups is 1. The minimum absolute atomic E-state index is 0.0344. The molecule has 0 unspecified atom stereocenters. The highest BCUT2D eigenvalue weighted by Crippen LogP contribution is 2.27. The first kappa shape index (κ1) is 18.4. The van der Waals surface area contributed by atoms with Crippen molar-refractivity contribution in [3.05, 3.63) is 51.2 Å². The minimum atomic E-state index is -0.548. The fraction of sp³-hybridized carbons (Fsp3) is 0.412. The molecule has 0 aliphatic heterocycles. The van der Waals surface area contributed by atoms with Gasteiger partial charge in [-0.15, -0.1) is 0 Å². The molecule has 1 aromatic heterocycles. The fourth-order valence-electron chi connectivity index (χ4n) is 2.35. The Morgan fingerprint density at radius 3 is 2.44 bits per heavy atom. The van der Waals surface area contributed by atoms with E-state index in [1.54, 1.807) is 38.2 Å². The molecule has 0 amide bonds. The average molecular weight is 346 g/mol. The van der Waals surface area contributed by atoms with Gasteiger partial charge in [0.25, 0.3) is 0 Å². The third kappa shape index (κ3) is 4.56. The summed E-state index contributed by atoms with van der Waals surface area (Å²) < 4.78 is 6.76. The van der Waals surface area contributed by atoms with Crippen LogP contribution in [-0.2, 0) is 18.3 Å². The smallest absolute Gasteiger partial charge is 0.338 e. The van der Waals surface area contributed by atoms with Crippen molar-refractivity contribution >= 4 is 17.5 Å². The molecular weight excluding hydrogens is 324 g/mol. The van der Waals surface area contributed by atoms with Crippen LogP contribution >= 0.6 is 0 Å². The van der Waals surface area contributed by atoms with E-state index < -0.39 is 10.5 Å². The van der Waals surface area contributed by atoms with Gasteiger partial charge < -0.3 is 10.1 Å². The summed E-state index contributed by atoms with van der Waals surface area (Å²) in [6.07, 6.45) is 0. The quantitative estimate of drug-likeness (QED) is 0.507. The normalized spacial score (nSPS) is 11.2. The number of nitrogens with one attached hydrogen (secondary N) is 1. The van der Waals surface area contributed by atoms with Crippen molar-refractivity contribution < 1.29 is 14.5 Å². The summed E-state index contributed by atoms with van der Waals surface area (Å²) in [6.45, 7) is 7.40. The molecule has 1 N–H and O–H groups in total. The molecule has 2 rings (SSSR count). The average Bonchev–Trinajstić information content (AvgIpc) is 2.77. The Kier molecular flexibility index (Phi) is 5.10. The number of hydrogen-bond acceptors (Lipinski definition) is 6. The summed E-state index contributed by atoms with van der Waals surface area (Å²) in [4.78, 5) is 22.7. The van der Waals surface area contributed by atoms with Crippen LogP contribution in [0.5, 0.6) is 0 Å². The molecule has 8 nitrogen and oxygen atoms in total. The van der Waals surface area contributed by atoms with Crippen molar-refractivity contribution in [3.8, 4) is 0 Å². The van der Waals surface area contributed by atoms with Gasteiger partial charge in [0.2, 0.25) is 5.82 Å². The molecule has 1 heterocycles. The van der Waals surface area contributed by atoms with Crippen LogP contribution in [0.25, 0.3) is 0 Å². The van der Waals surface area contributed by atoms with Crippen molar-refractivity contribution in [3.63, 3.8) is 0 Å². The Morgan fingerprint density at radius 2 is 1.92 bits per heavy atom. The van der Waals surface area contributed by atoms with Gasteiger partial charge in [-0.2, -0.15) is 5.10 Å². The summed E-state index contributed by atoms with van der Waals surface area (Å²) in [6, 6.07) is 6.91. The predicted molar refractivity (Wildman–Crippen MR) is 93.5 cm³/mol. The number of aryl methyl sites for hydroxylation is 2. The van der Waals surface area contributed by atoms with Crippen molar-refractivity contribution in [1.29, 1.82) is 0 Å². The van der Waals surface area contributed by atoms with E-state index in [0.717, 1.165) is 5.56 Å². The first-order valence-corrected chi connectivity index (χ1v) is 7.82. The molecule has 0 saturated carbocycles. The highest BCUT2D eigenvalue weighted by atomic mass is 16.6. The largest absolute Gasteiger partial charge is 0.456 e. The van der Waals surface area contributed by atoms with Gasteiger partial charge in [-0.25, -0.2) is 9.48 Å². The van der Waals surface area contributed by atoms with Gasteiger partial charge in [0, 0.05) is 13.6 Å². The second-order valence-electron chi connectivity index (χ2n) is 6.72. The summed E-state index contributed by atoms with van der Waals surface area (Å²) in [5, 5.41) is 18.3. The van der Waals surface area contributed by atoms with Gasteiger partial charge in [-0.3, -0.25) is 10.1 Å². The number of carbonyl (C=O) groups excluding carboxylic acids is 1. The van der Waals surface area contributed by atoms with E-state index in [2.05, 4.69) is 10.4 Å². The lowest BCUT2D eigenvalue weighted by Crippen LogP contribution is -2.23. The van der Waals surface area contributed by atoms with Crippen LogP contribution in [0.4, 0.5) is 11.5 Å². The molecule has 2 aromatic rings. The fourth-order valence-corrected chi connectivity index (χ4v) is 2.35. The molecule has 8 heteroatoms. The molecule has 0 atom stereocenters. The lowest BCUT2D eigenvalue weighted by molar-refractivity contribution is -0.384. The maximum absolute atomic E-state index is 12.0. The minimum Gasteiger partial charge on any atom is -0.456 e. The molecular formula is C17H22N4O4. The van der Waals surface area contributed by atoms with Crippen molar-refractivity contribution in [2.45, 2.75) is 39.8 Å². The van der Waals surface area contributed by atoms with Crippen LogP contribution in [0.1, 0.15) is 42.4 Å². The molecule has 1 aromatic carbocycles. The molecule has 25 heavy (non-hydrogen) atoms. The summed E-state index contributed by atoms with van der Waals surface area (Å²) in [5.74, 6) is -0.0383. The number of benzene rings is 1. The Bertz CT molecular complexity index is 788. The predicted octanol–water partition coefficient (Wildman–Crippen LogP) is 3.20. The van der Waals surface area contributed by atoms with Gasteiger partial charge >= 0.3 is 11.7 Å². The standard InChI is InChI=1S/C17H22N4O4/c1-11-14(21(23)24)15(20(5)19-11)18-10-12-6-8-13(9-7-12)16(22)25-17(2,3)4/h6-9,18H,10H2,1-5H3. The maximum Gasteiger partial charge on any atom is 0.338 e. The first-order valence-electron chi connectivity index (χ1n) is 7.82. The highest BCUT2D eigenvalue weighted by Gasteiger charge is 2.23. The molecule has 0 aliphatic carbocycles. The van der Waals surface area contributed by atoms with Crippen LogP contribution in [-0.4, -0.2) is 26.3 Å². The monoisotopic (exact) mass is 346 g/mol. The zero-order chi connectivity index (χ0) is 18.8. The van der Waals surface area contributed by atoms with E-state index in [9.17, 15) is 14.9 Å². The van der Waals surface area contributed by atoms with Crippen molar-refractivity contribution in [2.75, 3.05) is 5.32 Å². The highest BCUT2D eigenvalue weighted by molar-refractivity contribution is 5.89. The van der Waals surface area contributed by atoms with E-state index in [0.29, 0.717) is 23.6 Å². The van der Waals surface area contributed by atoms with Gasteiger partial charge in [0.15, 0.2) is 0 Å². The zero-order valence-corrected chi connectivity index (χ0v) is 15.0. The third-order valence-corrected chi connectivity index (χ3v) is 3.42. The number of nitrogens with zero attached hydrogens (tertiary/aromatic N) is 3. The number of esters is 1. The van der Waals surface area contributed by atoms with Crippen LogP contribution < -0.4 is 5.32 Å². The first-order chi connectivity index (χ1) is 11.6. The Hall–Kier alpha value is -2.90. The summed E-state index contributed by atoms with van der Waals surface area (Å²) in [7, 11) is 1.65. The van der Waals surface area contributed by atoms with E-state index >= 15 is 0 Å². The number of nitro groups is 1. The molecule has 0 radical (unpaired) electrons. The van der Waals surface area contributed by atoms with E-state index in [1.807, 2.05) is 20.8 Å². The second-order valence-corrected chi connectivity index (χ2v) is 6.72. The number of aromatic nitrogens is 2. The summed E-state index contributed by atoms with van der Waals surface area (Å²) >= 11 is 0. The summed E-state index contributed by atoms with van der Waals surface area (Å²) in [5.41, 5.74) is 1.11. The van der Waals surface area contributed by atoms with E-state index in [1.165, 1.54) is 4.68 Å². The number of rotatable bonds is 5. The van der Waals surface area contributed by atoms with Crippen LogP contribution in [0.15, 0.2) is 24.3 Å². The Balaban J connectivity index is 2.08. The number of ether oxygens (including phenoxy) is 1. The van der Waals surface area contributed by atoms with Gasteiger partial charge in [0.1, 0.15) is 11.3 Å². The molecule has 0 bridgehead atoms. The number of anilines is 1. The Morgan fingerprint density at radius 1 is 1.32 bits per heavy atom. The van der Waals surface area contributed by atoms with Crippen LogP contribution in [0.3, 0.4) is 0 Å². The molecule has 0 aliphatic rings. The van der Waals surface area contributed by atoms with Crippen molar-refractivity contribution in [1.82, 2.24) is 9.78 Å². The van der Waals surface area contributed by atoms with Crippen LogP contribution in [0, 0.1) is 17.0 Å². The van der Waals surface area contributed by atoms with Crippen molar-refractivity contribution in [2.24, 2.45) is 7.05 Å². The zero-order valence-electron chi connectivity index (χ0n) is 15.0. The second kappa shape index (κ2) is 6.92. The third-order valence-electron chi connectivity index (χ3n) is 3.42. The topological polar surface area (TPSA) is 99.3 Å². The van der Waals surface area contributed by atoms with Crippen LogP contribution in [0.2, 0.25) is 0 Å². The molecule has 0 saturated heterocycles. The lowest BCUT2D eigenvalue weighted by atomic mass is 10.1. The lowest BCUT2D eigenvalue weighted by Gasteiger charge is -2.19.